The number of ether oxygens (including phenoxy) is 6. The number of hydrogen-bond donors (Lipinski definition) is 1. The zero-order valence-corrected chi connectivity index (χ0v) is 32.4. The summed E-state index contributed by atoms with van der Waals surface area (Å²) in [7, 11) is -4.33. The van der Waals surface area contributed by atoms with Gasteiger partial charge in [-0.1, -0.05) is 127 Å². The molecule has 2 atom stereocenters. The lowest BCUT2D eigenvalue weighted by atomic mass is 10.1. The van der Waals surface area contributed by atoms with E-state index in [-0.39, 0.29) is 25.4 Å². The molecule has 0 spiro atoms. The maximum absolute atomic E-state index is 13.0. The average molecular weight is 739 g/mol. The Kier molecular flexibility index (Phi) is 27.9. The van der Waals surface area contributed by atoms with Gasteiger partial charge < -0.3 is 33.3 Å². The molecule has 0 bridgehead atoms. The van der Waals surface area contributed by atoms with Crippen molar-refractivity contribution in [2.75, 3.05) is 66.1 Å². The Morgan fingerprint density at radius 3 is 1.29 bits per heavy atom. The van der Waals surface area contributed by atoms with Crippen molar-refractivity contribution in [1.82, 2.24) is 0 Å². The van der Waals surface area contributed by atoms with Gasteiger partial charge in [0, 0.05) is 0 Å². The number of phosphoric ester groups is 1. The topological polar surface area (TPSA) is 111 Å². The van der Waals surface area contributed by atoms with E-state index >= 15 is 0 Å². The first kappa shape index (κ1) is 45.1. The normalized spacial score (nSPS) is 13.9. The molecular formula is C40H67O10P. The summed E-state index contributed by atoms with van der Waals surface area (Å²) >= 11 is 0. The summed E-state index contributed by atoms with van der Waals surface area (Å²) in [4.78, 5) is 10.6. The third-order valence-electron chi connectivity index (χ3n) is 8.25. The van der Waals surface area contributed by atoms with Crippen molar-refractivity contribution in [3.8, 4) is 11.5 Å². The number of phosphoric acid groups is 1. The number of hydrogen-bond acceptors (Lipinski definition) is 9. The summed E-state index contributed by atoms with van der Waals surface area (Å²) in [6.07, 6.45) is 14.5. The van der Waals surface area contributed by atoms with Crippen molar-refractivity contribution in [3.05, 3.63) is 60.7 Å². The standard InChI is InChI=1S/C40H67O10P/c1-3-5-7-9-11-15-25-39(47-33-29-43-27-31-45-37-21-17-13-18-22-37)35-49-51(41,42)50-36-40(26-16-12-10-8-6-4-2)48-34-30-44-28-32-46-38-23-19-14-20-24-38/h13-14,17-24,39-40H,3-12,15-16,25-36H2,1-2H3,(H,41,42). The van der Waals surface area contributed by atoms with Crippen molar-refractivity contribution in [3.63, 3.8) is 0 Å². The van der Waals surface area contributed by atoms with E-state index in [1.54, 1.807) is 0 Å². The van der Waals surface area contributed by atoms with Gasteiger partial charge in [-0.25, -0.2) is 4.57 Å². The van der Waals surface area contributed by atoms with Gasteiger partial charge in [-0.15, -0.1) is 0 Å². The third-order valence-corrected chi connectivity index (χ3v) is 9.20. The Hall–Kier alpha value is -2.01. The molecule has 0 fully saturated rings. The van der Waals surface area contributed by atoms with Crippen molar-refractivity contribution in [2.45, 2.75) is 116 Å². The molecule has 0 saturated heterocycles. The molecule has 0 aliphatic rings. The Labute approximate surface area is 308 Å². The maximum Gasteiger partial charge on any atom is 0.472 e. The van der Waals surface area contributed by atoms with Gasteiger partial charge in [-0.3, -0.25) is 9.05 Å². The summed E-state index contributed by atoms with van der Waals surface area (Å²) in [5.74, 6) is 1.61. The number of para-hydroxylation sites is 2. The van der Waals surface area contributed by atoms with E-state index in [1.165, 1.54) is 51.4 Å². The highest BCUT2D eigenvalue weighted by Crippen LogP contribution is 2.44. The molecule has 2 aromatic carbocycles. The van der Waals surface area contributed by atoms with Gasteiger partial charge in [0.2, 0.25) is 0 Å². The SMILES string of the molecule is CCCCCCCCC(COP(=O)(O)OCC(CCCCCCCC)OCCOCCOc1ccccc1)OCCOCCOc1ccccc1. The molecule has 0 saturated carbocycles. The van der Waals surface area contributed by atoms with Crippen LogP contribution in [-0.2, 0) is 32.6 Å². The molecule has 2 unspecified atom stereocenters. The fourth-order valence-electron chi connectivity index (χ4n) is 5.35. The Bertz CT molecular complexity index is 996. The van der Waals surface area contributed by atoms with E-state index in [4.69, 9.17) is 37.5 Å². The fraction of sp³-hybridized carbons (Fsp3) is 0.700. The monoisotopic (exact) mass is 738 g/mol. The van der Waals surface area contributed by atoms with Gasteiger partial charge >= 0.3 is 7.82 Å². The van der Waals surface area contributed by atoms with Gasteiger partial charge in [0.25, 0.3) is 0 Å². The van der Waals surface area contributed by atoms with Crippen LogP contribution in [0.2, 0.25) is 0 Å². The quantitative estimate of drug-likeness (QED) is 0.0536. The first-order chi connectivity index (χ1) is 25.0. The second kappa shape index (κ2) is 31.5. The van der Waals surface area contributed by atoms with Crippen molar-refractivity contribution in [2.24, 2.45) is 0 Å². The number of rotatable bonds is 36. The average Bonchev–Trinajstić information content (AvgIpc) is 3.15. The second-order valence-corrected chi connectivity index (χ2v) is 14.2. The zero-order valence-electron chi connectivity index (χ0n) is 31.5. The third kappa shape index (κ3) is 26.4. The van der Waals surface area contributed by atoms with Gasteiger partial charge in [0.15, 0.2) is 0 Å². The van der Waals surface area contributed by atoms with Crippen molar-refractivity contribution >= 4 is 7.82 Å². The van der Waals surface area contributed by atoms with Crippen molar-refractivity contribution < 1.29 is 46.9 Å². The van der Waals surface area contributed by atoms with Crippen LogP contribution in [0.15, 0.2) is 60.7 Å². The minimum atomic E-state index is -4.33. The van der Waals surface area contributed by atoms with Crippen LogP contribution < -0.4 is 9.47 Å². The van der Waals surface area contributed by atoms with Crippen LogP contribution in [0.3, 0.4) is 0 Å². The zero-order chi connectivity index (χ0) is 36.5. The highest BCUT2D eigenvalue weighted by molar-refractivity contribution is 7.47. The highest BCUT2D eigenvalue weighted by atomic mass is 31.2. The van der Waals surface area contributed by atoms with Crippen LogP contribution in [0.25, 0.3) is 0 Å². The lowest BCUT2D eigenvalue weighted by Crippen LogP contribution is -2.24. The molecule has 0 heterocycles. The lowest BCUT2D eigenvalue weighted by molar-refractivity contribution is -0.0387. The minimum absolute atomic E-state index is 0.0400. The van der Waals surface area contributed by atoms with E-state index in [0.29, 0.717) is 52.9 Å². The molecule has 0 aromatic heterocycles. The van der Waals surface area contributed by atoms with E-state index in [9.17, 15) is 9.46 Å². The second-order valence-electron chi connectivity index (χ2n) is 12.7. The van der Waals surface area contributed by atoms with Crippen LogP contribution >= 0.6 is 7.82 Å². The van der Waals surface area contributed by atoms with E-state index in [2.05, 4.69) is 13.8 Å². The highest BCUT2D eigenvalue weighted by Gasteiger charge is 2.26. The Morgan fingerprint density at radius 2 is 0.882 bits per heavy atom. The summed E-state index contributed by atoms with van der Waals surface area (Å²) < 4.78 is 58.7. The predicted octanol–water partition coefficient (Wildman–Crippen LogP) is 9.58. The Morgan fingerprint density at radius 1 is 0.510 bits per heavy atom. The van der Waals surface area contributed by atoms with Gasteiger partial charge in [0.1, 0.15) is 24.7 Å². The fourth-order valence-corrected chi connectivity index (χ4v) is 6.13. The molecule has 292 valence electrons. The molecule has 1 N–H and O–H groups in total. The molecule has 0 aliphatic heterocycles. The molecule has 2 rings (SSSR count). The summed E-state index contributed by atoms with van der Waals surface area (Å²) in [6, 6.07) is 19.2. The summed E-state index contributed by atoms with van der Waals surface area (Å²) in [6.45, 7) is 7.56. The predicted molar refractivity (Wildman–Crippen MR) is 203 cm³/mol. The number of benzene rings is 2. The maximum atomic E-state index is 13.0. The van der Waals surface area contributed by atoms with Crippen LogP contribution in [-0.4, -0.2) is 83.2 Å². The molecular weight excluding hydrogens is 671 g/mol. The van der Waals surface area contributed by atoms with Gasteiger partial charge in [-0.05, 0) is 37.1 Å². The van der Waals surface area contributed by atoms with Crippen LogP contribution in [0, 0.1) is 0 Å². The molecule has 2 aromatic rings. The first-order valence-corrected chi connectivity index (χ1v) is 20.9. The molecule has 0 amide bonds. The minimum Gasteiger partial charge on any atom is -0.491 e. The van der Waals surface area contributed by atoms with E-state index in [0.717, 1.165) is 50.0 Å². The molecule has 0 radical (unpaired) electrons. The smallest absolute Gasteiger partial charge is 0.472 e. The van der Waals surface area contributed by atoms with E-state index in [1.807, 2.05) is 60.7 Å². The molecule has 51 heavy (non-hydrogen) atoms. The molecule has 11 heteroatoms. The lowest BCUT2D eigenvalue weighted by Gasteiger charge is -2.22. The van der Waals surface area contributed by atoms with Crippen LogP contribution in [0.1, 0.15) is 104 Å². The van der Waals surface area contributed by atoms with Gasteiger partial charge in [0.05, 0.1) is 65.1 Å². The van der Waals surface area contributed by atoms with E-state index < -0.39 is 7.82 Å². The number of unbranched alkanes of at least 4 members (excludes halogenated alkanes) is 10. The molecule has 10 nitrogen and oxygen atoms in total. The van der Waals surface area contributed by atoms with Crippen molar-refractivity contribution in [1.29, 1.82) is 0 Å². The largest absolute Gasteiger partial charge is 0.491 e. The summed E-state index contributed by atoms with van der Waals surface area (Å²) in [5.41, 5.74) is 0. The van der Waals surface area contributed by atoms with Crippen LogP contribution in [0.4, 0.5) is 0 Å². The van der Waals surface area contributed by atoms with Gasteiger partial charge in [-0.2, -0.15) is 0 Å². The molecule has 0 aliphatic carbocycles. The Balaban J connectivity index is 1.74. The van der Waals surface area contributed by atoms with Crippen LogP contribution in [0.5, 0.6) is 11.5 Å². The first-order valence-electron chi connectivity index (χ1n) is 19.4. The summed E-state index contributed by atoms with van der Waals surface area (Å²) in [5, 5.41) is 0.